The molecule has 0 radical (unpaired) electrons. The van der Waals surface area contributed by atoms with Crippen LogP contribution in [0.3, 0.4) is 0 Å². The number of benzene rings is 3. The van der Waals surface area contributed by atoms with E-state index in [0.29, 0.717) is 28.0 Å². The minimum atomic E-state index is -0.634. The first-order valence-electron chi connectivity index (χ1n) is 9.48. The molecule has 5 rings (SSSR count). The Morgan fingerprint density at radius 2 is 1.72 bits per heavy atom. The summed E-state index contributed by atoms with van der Waals surface area (Å²) in [6.45, 7) is 0.0878. The Morgan fingerprint density at radius 1 is 0.906 bits per heavy atom. The number of carbonyl (C=O) groups excluding carboxylic acids is 2. The second-order valence-corrected chi connectivity index (χ2v) is 7.31. The maximum Gasteiger partial charge on any atom is 0.293 e. The molecule has 4 aromatic rings. The highest BCUT2D eigenvalue weighted by atomic mass is 35.5. The predicted molar refractivity (Wildman–Crippen MR) is 116 cm³/mol. The summed E-state index contributed by atoms with van der Waals surface area (Å²) in [6.07, 6.45) is 0. The zero-order chi connectivity index (χ0) is 22.2. The van der Waals surface area contributed by atoms with Crippen LogP contribution in [0.15, 0.2) is 65.1 Å². The van der Waals surface area contributed by atoms with Gasteiger partial charge in [-0.3, -0.25) is 9.59 Å². The Hall–Kier alpha value is -4.04. The molecule has 0 fully saturated rings. The molecule has 3 aromatic carbocycles. The number of hydrogen-bond acceptors (Lipinski definition) is 5. The van der Waals surface area contributed by atoms with Crippen molar-refractivity contribution in [2.45, 2.75) is 0 Å². The van der Waals surface area contributed by atoms with Crippen molar-refractivity contribution in [3.8, 4) is 11.5 Å². The smallest absolute Gasteiger partial charge is 0.293 e. The molecule has 1 aliphatic heterocycles. The van der Waals surface area contributed by atoms with Gasteiger partial charge in [0.15, 0.2) is 11.5 Å². The molecule has 0 aliphatic carbocycles. The van der Waals surface area contributed by atoms with Crippen LogP contribution in [0.2, 0.25) is 5.02 Å². The lowest BCUT2D eigenvalue weighted by molar-refractivity contribution is 0.0999. The average Bonchev–Trinajstić information content (AvgIpc) is 3.40. The monoisotopic (exact) mass is 452 g/mol. The van der Waals surface area contributed by atoms with Crippen LogP contribution in [0, 0.1) is 5.82 Å². The summed E-state index contributed by atoms with van der Waals surface area (Å²) in [5, 5.41) is 5.77. The largest absolute Gasteiger partial charge is 0.454 e. The summed E-state index contributed by atoms with van der Waals surface area (Å²) in [5.41, 5.74) is 1.20. The van der Waals surface area contributed by atoms with Gasteiger partial charge in [0.05, 0.1) is 5.02 Å². The van der Waals surface area contributed by atoms with Crippen LogP contribution in [0.1, 0.15) is 20.9 Å². The molecular formula is C23H14ClFN2O5. The number of hydrogen-bond donors (Lipinski definition) is 2. The van der Waals surface area contributed by atoms with Gasteiger partial charge < -0.3 is 24.5 Å². The summed E-state index contributed by atoms with van der Waals surface area (Å²) < 4.78 is 29.7. The fourth-order valence-electron chi connectivity index (χ4n) is 3.31. The summed E-state index contributed by atoms with van der Waals surface area (Å²) >= 11 is 5.79. The SMILES string of the molecule is O=C(Nc1c(C(=O)Nc2ccc(F)c(Cl)c2)oc2ccccc12)c1ccc2c(c1)OCO2. The fraction of sp³-hybridized carbons (Fsp3) is 0.0435. The quantitative estimate of drug-likeness (QED) is 0.429. The van der Waals surface area contributed by atoms with Crippen molar-refractivity contribution in [2.75, 3.05) is 17.4 Å². The van der Waals surface area contributed by atoms with Crippen LogP contribution in [-0.2, 0) is 0 Å². The molecule has 1 aromatic heterocycles. The highest BCUT2D eigenvalue weighted by molar-refractivity contribution is 6.31. The van der Waals surface area contributed by atoms with E-state index in [2.05, 4.69) is 10.6 Å². The van der Waals surface area contributed by atoms with E-state index in [1.807, 2.05) is 0 Å². The maximum atomic E-state index is 13.4. The van der Waals surface area contributed by atoms with E-state index in [-0.39, 0.29) is 29.0 Å². The van der Waals surface area contributed by atoms with Crippen molar-refractivity contribution in [2.24, 2.45) is 0 Å². The van der Waals surface area contributed by atoms with Gasteiger partial charge in [-0.2, -0.15) is 0 Å². The second-order valence-electron chi connectivity index (χ2n) is 6.91. The van der Waals surface area contributed by atoms with Gasteiger partial charge in [0.25, 0.3) is 11.8 Å². The normalized spacial score (nSPS) is 12.1. The van der Waals surface area contributed by atoms with Gasteiger partial charge in [0.2, 0.25) is 12.6 Å². The molecule has 0 spiro atoms. The Morgan fingerprint density at radius 3 is 2.56 bits per heavy atom. The van der Waals surface area contributed by atoms with Gasteiger partial charge in [-0.15, -0.1) is 0 Å². The van der Waals surface area contributed by atoms with E-state index in [0.717, 1.165) is 6.07 Å². The van der Waals surface area contributed by atoms with Crippen molar-refractivity contribution < 1.29 is 27.9 Å². The molecule has 0 unspecified atom stereocenters. The van der Waals surface area contributed by atoms with Crippen molar-refractivity contribution in [3.05, 3.63) is 82.8 Å². The molecule has 2 heterocycles. The van der Waals surface area contributed by atoms with E-state index < -0.39 is 17.6 Å². The second kappa shape index (κ2) is 7.90. The molecule has 160 valence electrons. The highest BCUT2D eigenvalue weighted by Gasteiger charge is 2.24. The summed E-state index contributed by atoms with van der Waals surface area (Å²) in [7, 11) is 0. The first kappa shape index (κ1) is 19.9. The standard InChI is InChI=1S/C23H14ClFN2O5/c24-15-10-13(6-7-16(15)25)26-23(29)21-20(14-3-1-2-4-17(14)32-21)27-22(28)12-5-8-18-19(9-12)31-11-30-18/h1-10H,11H2,(H,26,29)(H,27,28). The Balaban J connectivity index is 1.48. The average molecular weight is 453 g/mol. The molecule has 0 saturated carbocycles. The Bertz CT molecular complexity index is 1380. The zero-order valence-corrected chi connectivity index (χ0v) is 17.0. The van der Waals surface area contributed by atoms with Gasteiger partial charge in [0, 0.05) is 16.6 Å². The van der Waals surface area contributed by atoms with Crippen LogP contribution in [0.5, 0.6) is 11.5 Å². The number of fused-ring (bicyclic) bond motifs is 2. The molecule has 32 heavy (non-hydrogen) atoms. The maximum absolute atomic E-state index is 13.4. The molecule has 0 atom stereocenters. The number of halogens is 2. The van der Waals surface area contributed by atoms with Gasteiger partial charge in [0.1, 0.15) is 17.1 Å². The minimum Gasteiger partial charge on any atom is -0.454 e. The molecule has 9 heteroatoms. The highest BCUT2D eigenvalue weighted by Crippen LogP contribution is 2.35. The van der Waals surface area contributed by atoms with Gasteiger partial charge in [-0.1, -0.05) is 23.7 Å². The first-order chi connectivity index (χ1) is 15.5. The van der Waals surface area contributed by atoms with Crippen LogP contribution in [-0.4, -0.2) is 18.6 Å². The summed E-state index contributed by atoms with van der Waals surface area (Å²) in [5.74, 6) is -0.807. The summed E-state index contributed by atoms with van der Waals surface area (Å²) in [6, 6.07) is 15.5. The number of amides is 2. The number of furan rings is 1. The van der Waals surface area contributed by atoms with Gasteiger partial charge in [-0.05, 0) is 48.5 Å². The van der Waals surface area contributed by atoms with Crippen LogP contribution < -0.4 is 20.1 Å². The zero-order valence-electron chi connectivity index (χ0n) is 16.3. The van der Waals surface area contributed by atoms with E-state index in [4.69, 9.17) is 25.5 Å². The number of nitrogens with one attached hydrogen (secondary N) is 2. The third kappa shape index (κ3) is 3.61. The Kier molecular flexibility index (Phi) is 4.91. The molecule has 0 bridgehead atoms. The van der Waals surface area contributed by atoms with Crippen molar-refractivity contribution in [3.63, 3.8) is 0 Å². The van der Waals surface area contributed by atoms with Crippen molar-refractivity contribution >= 4 is 45.8 Å². The number of ether oxygens (including phenoxy) is 2. The molecule has 2 amide bonds. The van der Waals surface area contributed by atoms with E-state index in [1.54, 1.807) is 42.5 Å². The number of carbonyl (C=O) groups is 2. The first-order valence-corrected chi connectivity index (χ1v) is 9.86. The molecule has 1 aliphatic rings. The third-order valence-electron chi connectivity index (χ3n) is 4.85. The van der Waals surface area contributed by atoms with Crippen LogP contribution >= 0.6 is 11.6 Å². The predicted octanol–water partition coefficient (Wildman–Crippen LogP) is 5.46. The number of rotatable bonds is 4. The molecular weight excluding hydrogens is 439 g/mol. The number of para-hydroxylation sites is 1. The van der Waals surface area contributed by atoms with Crippen LogP contribution in [0.4, 0.5) is 15.8 Å². The fourth-order valence-corrected chi connectivity index (χ4v) is 3.50. The molecule has 0 saturated heterocycles. The van der Waals surface area contributed by atoms with E-state index in [1.165, 1.54) is 12.1 Å². The Labute approximate surface area is 185 Å². The summed E-state index contributed by atoms with van der Waals surface area (Å²) in [4.78, 5) is 25.9. The lowest BCUT2D eigenvalue weighted by Gasteiger charge is -2.08. The lowest BCUT2D eigenvalue weighted by atomic mass is 10.1. The molecule has 2 N–H and O–H groups in total. The lowest BCUT2D eigenvalue weighted by Crippen LogP contribution is -2.17. The topological polar surface area (TPSA) is 89.8 Å². The van der Waals surface area contributed by atoms with Gasteiger partial charge in [-0.25, -0.2) is 4.39 Å². The van der Waals surface area contributed by atoms with Crippen molar-refractivity contribution in [1.29, 1.82) is 0 Å². The molecule has 7 nitrogen and oxygen atoms in total. The third-order valence-corrected chi connectivity index (χ3v) is 5.14. The minimum absolute atomic E-state index is 0.0878. The van der Waals surface area contributed by atoms with Crippen molar-refractivity contribution in [1.82, 2.24) is 0 Å². The van der Waals surface area contributed by atoms with Crippen LogP contribution in [0.25, 0.3) is 11.0 Å². The van der Waals surface area contributed by atoms with E-state index >= 15 is 0 Å². The van der Waals surface area contributed by atoms with E-state index in [9.17, 15) is 14.0 Å². The van der Waals surface area contributed by atoms with Gasteiger partial charge >= 0.3 is 0 Å². The number of anilines is 2.